The third-order valence-electron chi connectivity index (χ3n) is 5.27. The largest absolute Gasteiger partial charge is 0.345 e. The summed E-state index contributed by atoms with van der Waals surface area (Å²) in [5.74, 6) is -0.139. The molecule has 28 heavy (non-hydrogen) atoms. The van der Waals surface area contributed by atoms with E-state index in [2.05, 4.69) is 28.8 Å². The van der Waals surface area contributed by atoms with Crippen LogP contribution in [0.15, 0.2) is 60.7 Å². The van der Waals surface area contributed by atoms with Crippen LogP contribution in [0.25, 0.3) is 10.8 Å². The van der Waals surface area contributed by atoms with Crippen LogP contribution < -0.4 is 15.5 Å². The molecule has 1 aliphatic rings. The van der Waals surface area contributed by atoms with Crippen molar-refractivity contribution < 1.29 is 9.59 Å². The van der Waals surface area contributed by atoms with Crippen molar-refractivity contribution in [2.75, 3.05) is 18.0 Å². The molecule has 1 aliphatic heterocycles. The number of hydrogen-bond donors (Lipinski definition) is 2. The minimum Gasteiger partial charge on any atom is -0.345 e. The van der Waals surface area contributed by atoms with E-state index in [1.807, 2.05) is 50.2 Å². The highest BCUT2D eigenvalue weighted by atomic mass is 16.2. The van der Waals surface area contributed by atoms with Crippen LogP contribution in [-0.4, -0.2) is 25.0 Å². The van der Waals surface area contributed by atoms with Crippen LogP contribution in [0.4, 0.5) is 10.5 Å². The van der Waals surface area contributed by atoms with Gasteiger partial charge < -0.3 is 10.6 Å². The van der Waals surface area contributed by atoms with Crippen molar-refractivity contribution in [3.05, 3.63) is 77.4 Å². The molecule has 0 spiro atoms. The highest BCUT2D eigenvalue weighted by Crippen LogP contribution is 2.25. The van der Waals surface area contributed by atoms with Gasteiger partial charge in [-0.25, -0.2) is 4.79 Å². The molecule has 3 aromatic rings. The maximum atomic E-state index is 13.0. The average molecular weight is 373 g/mol. The van der Waals surface area contributed by atoms with Crippen LogP contribution in [0.3, 0.4) is 0 Å². The van der Waals surface area contributed by atoms with Gasteiger partial charge in [-0.3, -0.25) is 9.69 Å². The molecule has 0 aliphatic carbocycles. The van der Waals surface area contributed by atoms with E-state index < -0.39 is 0 Å². The van der Waals surface area contributed by atoms with Gasteiger partial charge in [0.2, 0.25) is 0 Å². The fourth-order valence-electron chi connectivity index (χ4n) is 3.72. The summed E-state index contributed by atoms with van der Waals surface area (Å²) in [5, 5.41) is 8.19. The number of amides is 3. The summed E-state index contributed by atoms with van der Waals surface area (Å²) in [7, 11) is 0. The fraction of sp³-hybridized carbons (Fsp3) is 0.217. The van der Waals surface area contributed by atoms with Gasteiger partial charge in [0.25, 0.3) is 5.91 Å². The molecule has 3 amide bonds. The summed E-state index contributed by atoms with van der Waals surface area (Å²) in [5.41, 5.74) is 3.29. The summed E-state index contributed by atoms with van der Waals surface area (Å²) in [6.45, 7) is 5.12. The van der Waals surface area contributed by atoms with Crippen LogP contribution in [0.2, 0.25) is 0 Å². The Morgan fingerprint density at radius 1 is 1.11 bits per heavy atom. The molecule has 0 unspecified atom stereocenters. The summed E-state index contributed by atoms with van der Waals surface area (Å²) >= 11 is 0. The zero-order chi connectivity index (χ0) is 19.7. The fourth-order valence-corrected chi connectivity index (χ4v) is 3.72. The Kier molecular flexibility index (Phi) is 4.74. The van der Waals surface area contributed by atoms with Crippen molar-refractivity contribution in [1.82, 2.24) is 10.6 Å². The van der Waals surface area contributed by atoms with E-state index in [0.29, 0.717) is 18.7 Å². The third-order valence-corrected chi connectivity index (χ3v) is 5.27. The Labute approximate surface area is 164 Å². The molecule has 5 heteroatoms. The number of carbonyl (C=O) groups is 2. The SMILES string of the molecule is Cc1ccc(N2CCNC2=O)cc1C(=O)N[C@H](C)c1cccc2ccccc12. The molecule has 5 nitrogen and oxygen atoms in total. The Morgan fingerprint density at radius 3 is 2.68 bits per heavy atom. The van der Waals surface area contributed by atoms with Crippen LogP contribution in [0.5, 0.6) is 0 Å². The van der Waals surface area contributed by atoms with E-state index in [4.69, 9.17) is 0 Å². The molecule has 2 N–H and O–H groups in total. The first kappa shape index (κ1) is 18.0. The van der Waals surface area contributed by atoms with E-state index in [1.165, 1.54) is 0 Å². The van der Waals surface area contributed by atoms with Gasteiger partial charge in [0, 0.05) is 24.3 Å². The smallest absolute Gasteiger partial charge is 0.321 e. The van der Waals surface area contributed by atoms with Crippen LogP contribution in [0, 0.1) is 6.92 Å². The highest BCUT2D eigenvalue weighted by Gasteiger charge is 2.23. The maximum absolute atomic E-state index is 13.0. The van der Waals surface area contributed by atoms with Gasteiger partial charge in [-0.15, -0.1) is 0 Å². The molecule has 1 fully saturated rings. The zero-order valence-electron chi connectivity index (χ0n) is 16.0. The van der Waals surface area contributed by atoms with Gasteiger partial charge in [-0.1, -0.05) is 48.5 Å². The Hall–Kier alpha value is -3.34. The first-order chi connectivity index (χ1) is 13.5. The predicted octanol–water partition coefficient (Wildman–Crippen LogP) is 4.17. The molecule has 0 aromatic heterocycles. The number of carbonyl (C=O) groups excluding carboxylic acids is 2. The number of hydrogen-bond acceptors (Lipinski definition) is 2. The van der Waals surface area contributed by atoms with Crippen molar-refractivity contribution >= 4 is 28.4 Å². The summed E-state index contributed by atoms with van der Waals surface area (Å²) in [6.07, 6.45) is 0. The second-order valence-electron chi connectivity index (χ2n) is 7.15. The first-order valence-electron chi connectivity index (χ1n) is 9.49. The lowest BCUT2D eigenvalue weighted by atomic mass is 9.99. The van der Waals surface area contributed by atoms with E-state index in [9.17, 15) is 9.59 Å². The van der Waals surface area contributed by atoms with Gasteiger partial charge in [0.05, 0.1) is 6.04 Å². The standard InChI is InChI=1S/C23H23N3O2/c1-15-10-11-18(26-13-12-24-23(26)28)14-21(15)22(27)25-16(2)19-9-5-7-17-6-3-4-8-20(17)19/h3-11,14,16H,12-13H2,1-2H3,(H,24,28)(H,25,27)/t16-/m1/s1. The molecule has 1 saturated heterocycles. The predicted molar refractivity (Wildman–Crippen MR) is 112 cm³/mol. The molecule has 3 aromatic carbocycles. The Bertz CT molecular complexity index is 1060. The van der Waals surface area contributed by atoms with E-state index >= 15 is 0 Å². The number of anilines is 1. The molecule has 0 saturated carbocycles. The minimum atomic E-state index is -0.142. The van der Waals surface area contributed by atoms with Crippen LogP contribution in [0.1, 0.15) is 34.5 Å². The van der Waals surface area contributed by atoms with Gasteiger partial charge in [-0.2, -0.15) is 0 Å². The Morgan fingerprint density at radius 2 is 1.89 bits per heavy atom. The molecule has 1 heterocycles. The average Bonchev–Trinajstić information content (AvgIpc) is 3.13. The van der Waals surface area contributed by atoms with E-state index in [-0.39, 0.29) is 18.0 Å². The molecule has 0 bridgehead atoms. The summed E-state index contributed by atoms with van der Waals surface area (Å²) < 4.78 is 0. The van der Waals surface area contributed by atoms with E-state index in [1.54, 1.807) is 11.0 Å². The van der Waals surface area contributed by atoms with Gasteiger partial charge in [0.15, 0.2) is 0 Å². The number of fused-ring (bicyclic) bond motifs is 1. The molecular weight excluding hydrogens is 350 g/mol. The number of aryl methyl sites for hydroxylation is 1. The van der Waals surface area contributed by atoms with Crippen molar-refractivity contribution in [1.29, 1.82) is 0 Å². The second kappa shape index (κ2) is 7.35. The van der Waals surface area contributed by atoms with Crippen molar-refractivity contribution in [2.45, 2.75) is 19.9 Å². The lowest BCUT2D eigenvalue weighted by Gasteiger charge is -2.19. The zero-order valence-corrected chi connectivity index (χ0v) is 16.0. The first-order valence-corrected chi connectivity index (χ1v) is 9.49. The Balaban J connectivity index is 1.60. The number of urea groups is 1. The number of nitrogens with zero attached hydrogens (tertiary/aromatic N) is 1. The summed E-state index contributed by atoms with van der Waals surface area (Å²) in [4.78, 5) is 26.6. The van der Waals surface area contributed by atoms with Crippen LogP contribution in [-0.2, 0) is 0 Å². The second-order valence-corrected chi connectivity index (χ2v) is 7.15. The lowest BCUT2D eigenvalue weighted by molar-refractivity contribution is 0.0939. The lowest BCUT2D eigenvalue weighted by Crippen LogP contribution is -2.29. The monoisotopic (exact) mass is 373 g/mol. The topological polar surface area (TPSA) is 61.4 Å². The van der Waals surface area contributed by atoms with E-state index in [0.717, 1.165) is 27.6 Å². The van der Waals surface area contributed by atoms with Gasteiger partial charge in [0.1, 0.15) is 0 Å². The minimum absolute atomic E-state index is 0.126. The molecule has 4 rings (SSSR count). The van der Waals surface area contributed by atoms with Crippen molar-refractivity contribution in [3.63, 3.8) is 0 Å². The summed E-state index contributed by atoms with van der Waals surface area (Å²) in [6, 6.07) is 19.6. The number of rotatable bonds is 4. The molecular formula is C23H23N3O2. The molecule has 0 radical (unpaired) electrons. The highest BCUT2D eigenvalue weighted by molar-refractivity contribution is 6.00. The quantitative estimate of drug-likeness (QED) is 0.721. The van der Waals surface area contributed by atoms with Crippen molar-refractivity contribution in [2.24, 2.45) is 0 Å². The van der Waals surface area contributed by atoms with Crippen LogP contribution >= 0.6 is 0 Å². The van der Waals surface area contributed by atoms with Gasteiger partial charge in [-0.05, 0) is 47.9 Å². The number of benzene rings is 3. The van der Waals surface area contributed by atoms with Crippen molar-refractivity contribution in [3.8, 4) is 0 Å². The molecule has 142 valence electrons. The third kappa shape index (κ3) is 3.31. The normalized spacial score (nSPS) is 14.8. The molecule has 1 atom stereocenters. The number of nitrogens with one attached hydrogen (secondary N) is 2. The maximum Gasteiger partial charge on any atom is 0.321 e. The van der Waals surface area contributed by atoms with Gasteiger partial charge >= 0.3 is 6.03 Å².